The van der Waals surface area contributed by atoms with E-state index in [2.05, 4.69) is 68.2 Å². The standard InChI is InChI=1S/C26H27BrN2O.ClH/c27-24-14-12-22(13-15-24)21-8-10-23(11-9-21)26(30)7-4-16-28-17-19-29(20-18-28)25-5-2-1-3-6-25;/h1-3,5-6,8-15H,4,7,16-20H2;1H. The summed E-state index contributed by atoms with van der Waals surface area (Å²) < 4.78 is 1.07. The van der Waals surface area contributed by atoms with Gasteiger partial charge in [-0.25, -0.2) is 0 Å². The fourth-order valence-electron chi connectivity index (χ4n) is 3.97. The van der Waals surface area contributed by atoms with Crippen LogP contribution in [0.2, 0.25) is 0 Å². The van der Waals surface area contributed by atoms with Crippen molar-refractivity contribution in [2.75, 3.05) is 37.6 Å². The van der Waals surface area contributed by atoms with E-state index in [0.29, 0.717) is 6.42 Å². The van der Waals surface area contributed by atoms with Gasteiger partial charge >= 0.3 is 0 Å². The Morgan fingerprint density at radius 2 is 1.35 bits per heavy atom. The van der Waals surface area contributed by atoms with Crippen molar-refractivity contribution < 1.29 is 4.79 Å². The largest absolute Gasteiger partial charge is 0.369 e. The van der Waals surface area contributed by atoms with Gasteiger partial charge in [0, 0.05) is 48.3 Å². The lowest BCUT2D eigenvalue weighted by atomic mass is 10.0. The van der Waals surface area contributed by atoms with Gasteiger partial charge in [0.2, 0.25) is 0 Å². The average molecular weight is 500 g/mol. The predicted molar refractivity (Wildman–Crippen MR) is 135 cm³/mol. The van der Waals surface area contributed by atoms with Crippen molar-refractivity contribution in [3.63, 3.8) is 0 Å². The first kappa shape index (κ1) is 23.5. The molecule has 0 N–H and O–H groups in total. The molecule has 1 aliphatic heterocycles. The van der Waals surface area contributed by atoms with Crippen LogP contribution in [0.25, 0.3) is 11.1 Å². The van der Waals surface area contributed by atoms with Gasteiger partial charge in [0.25, 0.3) is 0 Å². The summed E-state index contributed by atoms with van der Waals surface area (Å²) in [7, 11) is 0. The second-order valence-corrected chi connectivity index (χ2v) is 8.69. The van der Waals surface area contributed by atoms with Crippen LogP contribution in [0.1, 0.15) is 23.2 Å². The zero-order valence-electron chi connectivity index (χ0n) is 17.5. The number of halogens is 2. The van der Waals surface area contributed by atoms with Crippen molar-refractivity contribution in [3.05, 3.63) is 88.9 Å². The number of anilines is 1. The van der Waals surface area contributed by atoms with Crippen LogP contribution in [0.3, 0.4) is 0 Å². The second kappa shape index (κ2) is 11.5. The molecule has 3 aromatic rings. The quantitative estimate of drug-likeness (QED) is 0.355. The fraction of sp³-hybridized carbons (Fsp3) is 0.269. The fourth-order valence-corrected chi connectivity index (χ4v) is 4.23. The van der Waals surface area contributed by atoms with Crippen LogP contribution < -0.4 is 4.90 Å². The smallest absolute Gasteiger partial charge is 0.162 e. The molecule has 0 saturated carbocycles. The molecule has 31 heavy (non-hydrogen) atoms. The van der Waals surface area contributed by atoms with Crippen LogP contribution in [0, 0.1) is 0 Å². The average Bonchev–Trinajstić information content (AvgIpc) is 2.81. The zero-order valence-corrected chi connectivity index (χ0v) is 19.9. The Bertz CT molecular complexity index is 953. The predicted octanol–water partition coefficient (Wildman–Crippen LogP) is 6.32. The molecule has 1 saturated heterocycles. The van der Waals surface area contributed by atoms with Gasteiger partial charge in [0.05, 0.1) is 0 Å². The number of hydrogen-bond donors (Lipinski definition) is 0. The second-order valence-electron chi connectivity index (χ2n) is 7.78. The Balaban J connectivity index is 0.00000272. The molecule has 0 unspecified atom stereocenters. The summed E-state index contributed by atoms with van der Waals surface area (Å²) in [5, 5.41) is 0. The van der Waals surface area contributed by atoms with Gasteiger partial charge in [-0.2, -0.15) is 0 Å². The Hall–Kier alpha value is -2.14. The monoisotopic (exact) mass is 498 g/mol. The number of Topliss-reactive ketones (excluding diaryl/α,β-unsaturated/α-hetero) is 1. The third kappa shape index (κ3) is 6.42. The molecule has 1 heterocycles. The summed E-state index contributed by atoms with van der Waals surface area (Å²) in [4.78, 5) is 17.5. The van der Waals surface area contributed by atoms with Gasteiger partial charge in [0.1, 0.15) is 0 Å². The summed E-state index contributed by atoms with van der Waals surface area (Å²) >= 11 is 3.46. The van der Waals surface area contributed by atoms with E-state index in [1.54, 1.807) is 0 Å². The van der Waals surface area contributed by atoms with E-state index < -0.39 is 0 Å². The first-order valence-corrected chi connectivity index (χ1v) is 11.4. The number of nitrogens with zero attached hydrogens (tertiary/aromatic N) is 2. The molecule has 3 aromatic carbocycles. The summed E-state index contributed by atoms with van der Waals surface area (Å²) in [6.07, 6.45) is 1.52. The van der Waals surface area contributed by atoms with E-state index in [4.69, 9.17) is 0 Å². The van der Waals surface area contributed by atoms with Crippen LogP contribution in [0.4, 0.5) is 5.69 Å². The highest BCUT2D eigenvalue weighted by atomic mass is 79.9. The van der Waals surface area contributed by atoms with Crippen LogP contribution in [-0.2, 0) is 0 Å². The number of ketones is 1. The summed E-state index contributed by atoms with van der Waals surface area (Å²) in [5.41, 5.74) is 4.41. The summed E-state index contributed by atoms with van der Waals surface area (Å²) in [5.74, 6) is 0.236. The third-order valence-corrected chi connectivity index (χ3v) is 6.28. The van der Waals surface area contributed by atoms with E-state index in [1.807, 2.05) is 36.4 Å². The SMILES string of the molecule is Cl.O=C(CCCN1CCN(c2ccccc2)CC1)c1ccc(-c2ccc(Br)cc2)cc1. The van der Waals surface area contributed by atoms with Crippen LogP contribution >= 0.6 is 28.3 Å². The molecule has 5 heteroatoms. The van der Waals surface area contributed by atoms with Crippen LogP contribution in [-0.4, -0.2) is 43.4 Å². The highest BCUT2D eigenvalue weighted by Gasteiger charge is 2.17. The topological polar surface area (TPSA) is 23.6 Å². The molecule has 1 aliphatic rings. The Morgan fingerprint density at radius 3 is 1.97 bits per heavy atom. The van der Waals surface area contributed by atoms with Crippen molar-refractivity contribution in [3.8, 4) is 11.1 Å². The van der Waals surface area contributed by atoms with Crippen molar-refractivity contribution in [1.29, 1.82) is 0 Å². The minimum atomic E-state index is 0. The molecule has 4 rings (SSSR count). The first-order valence-electron chi connectivity index (χ1n) is 10.6. The lowest BCUT2D eigenvalue weighted by Gasteiger charge is -2.36. The van der Waals surface area contributed by atoms with Gasteiger partial charge in [0.15, 0.2) is 5.78 Å². The number of rotatable bonds is 7. The molecule has 0 radical (unpaired) electrons. The number of hydrogen-bond acceptors (Lipinski definition) is 3. The minimum Gasteiger partial charge on any atom is -0.369 e. The highest BCUT2D eigenvalue weighted by molar-refractivity contribution is 9.10. The van der Waals surface area contributed by atoms with Gasteiger partial charge < -0.3 is 4.90 Å². The van der Waals surface area contributed by atoms with E-state index in [1.165, 1.54) is 5.69 Å². The van der Waals surface area contributed by atoms with Crippen LogP contribution in [0.15, 0.2) is 83.3 Å². The van der Waals surface area contributed by atoms with E-state index >= 15 is 0 Å². The van der Waals surface area contributed by atoms with Gasteiger partial charge in [-0.3, -0.25) is 9.69 Å². The summed E-state index contributed by atoms with van der Waals surface area (Å²) in [6.45, 7) is 5.21. The highest BCUT2D eigenvalue weighted by Crippen LogP contribution is 2.22. The van der Waals surface area contributed by atoms with Crippen molar-refractivity contribution in [1.82, 2.24) is 4.90 Å². The molecular formula is C26H28BrClN2O. The Labute approximate surface area is 199 Å². The molecule has 0 spiro atoms. The number of piperazine rings is 1. The van der Waals surface area contributed by atoms with Gasteiger partial charge in [-0.05, 0) is 48.4 Å². The third-order valence-electron chi connectivity index (χ3n) is 5.76. The molecule has 1 fully saturated rings. The molecule has 0 bridgehead atoms. The Morgan fingerprint density at radius 1 is 0.774 bits per heavy atom. The van der Waals surface area contributed by atoms with E-state index in [0.717, 1.165) is 60.3 Å². The van der Waals surface area contributed by atoms with E-state index in [-0.39, 0.29) is 18.2 Å². The maximum atomic E-state index is 12.6. The van der Waals surface area contributed by atoms with Crippen molar-refractivity contribution in [2.45, 2.75) is 12.8 Å². The molecular weight excluding hydrogens is 472 g/mol. The molecule has 162 valence electrons. The first-order chi connectivity index (χ1) is 14.7. The molecule has 0 amide bonds. The molecule has 3 nitrogen and oxygen atoms in total. The van der Waals surface area contributed by atoms with Crippen LogP contribution in [0.5, 0.6) is 0 Å². The maximum Gasteiger partial charge on any atom is 0.162 e. The lowest BCUT2D eigenvalue weighted by Crippen LogP contribution is -2.46. The van der Waals surface area contributed by atoms with Gasteiger partial charge in [-0.15, -0.1) is 12.4 Å². The number of para-hydroxylation sites is 1. The summed E-state index contributed by atoms with van der Waals surface area (Å²) in [6, 6.07) is 26.8. The number of benzene rings is 3. The van der Waals surface area contributed by atoms with E-state index in [9.17, 15) is 4.79 Å². The zero-order chi connectivity index (χ0) is 20.8. The minimum absolute atomic E-state index is 0. The Kier molecular flexibility index (Phi) is 8.70. The van der Waals surface area contributed by atoms with Crippen molar-refractivity contribution >= 4 is 39.8 Å². The molecule has 0 aliphatic carbocycles. The molecule has 0 aromatic heterocycles. The molecule has 0 atom stereocenters. The number of carbonyl (C=O) groups excluding carboxylic acids is 1. The maximum absolute atomic E-state index is 12.6. The number of carbonyl (C=O) groups is 1. The normalized spacial score (nSPS) is 14.2. The lowest BCUT2D eigenvalue weighted by molar-refractivity contribution is 0.0974. The van der Waals surface area contributed by atoms with Gasteiger partial charge in [-0.1, -0.05) is 70.5 Å². The van der Waals surface area contributed by atoms with Crippen molar-refractivity contribution in [2.24, 2.45) is 0 Å².